The minimum absolute atomic E-state index is 0.131. The van der Waals surface area contributed by atoms with E-state index in [4.69, 9.17) is 20.9 Å². The normalized spacial score (nSPS) is 10.5. The molecule has 19 heavy (non-hydrogen) atoms. The van der Waals surface area contributed by atoms with E-state index >= 15 is 0 Å². The van der Waals surface area contributed by atoms with Gasteiger partial charge in [0, 0.05) is 10.6 Å². The fourth-order valence-corrected chi connectivity index (χ4v) is 1.94. The van der Waals surface area contributed by atoms with Gasteiger partial charge in [0.05, 0.1) is 5.69 Å². The molecule has 1 aromatic carbocycles. The molecule has 0 saturated heterocycles. The van der Waals surface area contributed by atoms with Gasteiger partial charge in [-0.15, -0.1) is 0 Å². The van der Waals surface area contributed by atoms with Crippen LogP contribution in [0.25, 0.3) is 0 Å². The van der Waals surface area contributed by atoms with E-state index in [0.29, 0.717) is 28.5 Å². The number of nitrogens with zero attached hydrogens (tertiary/aromatic N) is 1. The summed E-state index contributed by atoms with van der Waals surface area (Å²) < 4.78 is 10.3. The highest BCUT2D eigenvalue weighted by atomic mass is 35.5. The first-order valence-corrected chi connectivity index (χ1v) is 6.37. The van der Waals surface area contributed by atoms with Crippen molar-refractivity contribution in [2.45, 2.75) is 26.9 Å². The smallest absolute Gasteiger partial charge is 0.344 e. The van der Waals surface area contributed by atoms with Crippen LogP contribution in [0, 0.1) is 6.92 Å². The van der Waals surface area contributed by atoms with Crippen molar-refractivity contribution in [1.29, 1.82) is 0 Å². The third-order valence-corrected chi connectivity index (χ3v) is 3.16. The lowest BCUT2D eigenvalue weighted by atomic mass is 10.1. The molecule has 0 saturated carbocycles. The van der Waals surface area contributed by atoms with Gasteiger partial charge in [0.25, 0.3) is 0 Å². The predicted octanol–water partition coefficient (Wildman–Crippen LogP) is 3.56. The van der Waals surface area contributed by atoms with Crippen LogP contribution in [0.15, 0.2) is 28.8 Å². The Bertz CT molecular complexity index is 592. The number of benzene rings is 1. The summed E-state index contributed by atoms with van der Waals surface area (Å²) >= 11 is 6.00. The number of hydrogen-bond donors (Lipinski definition) is 0. The van der Waals surface area contributed by atoms with Gasteiger partial charge in [-0.3, -0.25) is 0 Å². The number of ether oxygens (including phenoxy) is 1. The molecule has 2 aromatic rings. The number of hydrogen-bond acceptors (Lipinski definition) is 4. The molecule has 0 fully saturated rings. The van der Waals surface area contributed by atoms with Gasteiger partial charge in [0.2, 0.25) is 0 Å². The third-order valence-electron chi connectivity index (χ3n) is 2.79. The van der Waals surface area contributed by atoms with Crippen molar-refractivity contribution in [3.63, 3.8) is 0 Å². The molecule has 0 unspecified atom stereocenters. The van der Waals surface area contributed by atoms with Crippen LogP contribution in [0.1, 0.15) is 34.3 Å². The molecule has 2 rings (SSSR count). The number of esters is 1. The maximum Gasteiger partial charge on any atom is 0.344 e. The summed E-state index contributed by atoms with van der Waals surface area (Å²) in [7, 11) is 0. The van der Waals surface area contributed by atoms with Crippen molar-refractivity contribution in [1.82, 2.24) is 5.16 Å². The maximum absolute atomic E-state index is 12.0. The summed E-state index contributed by atoms with van der Waals surface area (Å²) in [6.45, 7) is 3.73. The molecule has 0 N–H and O–H groups in total. The van der Waals surface area contributed by atoms with Crippen LogP contribution >= 0.6 is 11.6 Å². The topological polar surface area (TPSA) is 52.3 Å². The Hall–Kier alpha value is -1.81. The standard InChI is InChI=1S/C14H14ClNO3/c1-3-12-13(9(2)19-16-12)14(17)18-8-10-6-4-5-7-11(10)15/h4-7H,3,8H2,1-2H3. The van der Waals surface area contributed by atoms with Gasteiger partial charge in [-0.25, -0.2) is 4.79 Å². The quantitative estimate of drug-likeness (QED) is 0.803. The van der Waals surface area contributed by atoms with E-state index in [1.165, 1.54) is 0 Å². The highest BCUT2D eigenvalue weighted by Gasteiger charge is 2.20. The molecular formula is C14H14ClNO3. The second-order valence-electron chi connectivity index (χ2n) is 4.08. The molecule has 0 atom stereocenters. The Morgan fingerprint density at radius 3 is 2.84 bits per heavy atom. The van der Waals surface area contributed by atoms with Crippen molar-refractivity contribution in [3.05, 3.63) is 51.9 Å². The average molecular weight is 280 g/mol. The Morgan fingerprint density at radius 1 is 1.42 bits per heavy atom. The van der Waals surface area contributed by atoms with Crippen molar-refractivity contribution in [2.75, 3.05) is 0 Å². The lowest BCUT2D eigenvalue weighted by Crippen LogP contribution is -2.08. The zero-order chi connectivity index (χ0) is 13.8. The van der Waals surface area contributed by atoms with Crippen LogP contribution in [-0.2, 0) is 17.8 Å². The minimum Gasteiger partial charge on any atom is -0.457 e. The van der Waals surface area contributed by atoms with E-state index in [9.17, 15) is 4.79 Å². The van der Waals surface area contributed by atoms with Crippen LogP contribution in [0.3, 0.4) is 0 Å². The van der Waals surface area contributed by atoms with E-state index in [2.05, 4.69) is 5.16 Å². The van der Waals surface area contributed by atoms with Crippen LogP contribution in [0.4, 0.5) is 0 Å². The molecule has 1 aromatic heterocycles. The molecule has 0 radical (unpaired) electrons. The lowest BCUT2D eigenvalue weighted by Gasteiger charge is -2.06. The Morgan fingerprint density at radius 2 is 2.16 bits per heavy atom. The molecule has 0 amide bonds. The zero-order valence-electron chi connectivity index (χ0n) is 10.8. The summed E-state index contributed by atoms with van der Waals surface area (Å²) in [5.41, 5.74) is 1.79. The third kappa shape index (κ3) is 2.96. The molecule has 0 spiro atoms. The zero-order valence-corrected chi connectivity index (χ0v) is 11.5. The van der Waals surface area contributed by atoms with Gasteiger partial charge >= 0.3 is 5.97 Å². The van der Waals surface area contributed by atoms with Crippen LogP contribution in [0.5, 0.6) is 0 Å². The van der Waals surface area contributed by atoms with Crippen molar-refractivity contribution in [3.8, 4) is 0 Å². The number of carbonyl (C=O) groups excluding carboxylic acids is 1. The van der Waals surface area contributed by atoms with Crippen LogP contribution < -0.4 is 0 Å². The summed E-state index contributed by atoms with van der Waals surface area (Å²) in [5, 5.41) is 4.40. The van der Waals surface area contributed by atoms with Gasteiger partial charge in [-0.2, -0.15) is 0 Å². The van der Waals surface area contributed by atoms with Gasteiger partial charge in [0.15, 0.2) is 0 Å². The van der Waals surface area contributed by atoms with Gasteiger partial charge in [-0.05, 0) is 19.4 Å². The van der Waals surface area contributed by atoms with Crippen molar-refractivity contribution in [2.24, 2.45) is 0 Å². The lowest BCUT2D eigenvalue weighted by molar-refractivity contribution is 0.0470. The van der Waals surface area contributed by atoms with Gasteiger partial charge in [-0.1, -0.05) is 41.9 Å². The number of rotatable bonds is 4. The summed E-state index contributed by atoms with van der Waals surface area (Å²) in [6.07, 6.45) is 0.619. The largest absolute Gasteiger partial charge is 0.457 e. The first kappa shape index (κ1) is 13.6. The number of halogens is 1. The van der Waals surface area contributed by atoms with Gasteiger partial charge in [0.1, 0.15) is 17.9 Å². The fourth-order valence-electron chi connectivity index (χ4n) is 1.75. The average Bonchev–Trinajstić information content (AvgIpc) is 2.78. The van der Waals surface area contributed by atoms with Crippen LogP contribution in [0.2, 0.25) is 5.02 Å². The SMILES string of the molecule is CCc1noc(C)c1C(=O)OCc1ccccc1Cl. The molecule has 0 aliphatic carbocycles. The summed E-state index contributed by atoms with van der Waals surface area (Å²) in [4.78, 5) is 12.0. The minimum atomic E-state index is -0.435. The van der Waals surface area contributed by atoms with Crippen molar-refractivity contribution >= 4 is 17.6 Å². The van der Waals surface area contributed by atoms with E-state index in [1.54, 1.807) is 13.0 Å². The van der Waals surface area contributed by atoms with E-state index in [0.717, 1.165) is 5.56 Å². The molecule has 5 heteroatoms. The fraction of sp³-hybridized carbons (Fsp3) is 0.286. The Labute approximate surface area is 116 Å². The molecule has 0 aliphatic rings. The summed E-state index contributed by atoms with van der Waals surface area (Å²) in [6, 6.07) is 7.24. The number of aryl methyl sites for hydroxylation is 2. The van der Waals surface area contributed by atoms with E-state index < -0.39 is 5.97 Å². The number of aromatic nitrogens is 1. The van der Waals surface area contributed by atoms with E-state index in [1.807, 2.05) is 25.1 Å². The predicted molar refractivity (Wildman–Crippen MR) is 71.2 cm³/mol. The van der Waals surface area contributed by atoms with Crippen LogP contribution in [-0.4, -0.2) is 11.1 Å². The molecule has 1 heterocycles. The Kier molecular flexibility index (Phi) is 4.22. The molecule has 0 bridgehead atoms. The van der Waals surface area contributed by atoms with Crippen molar-refractivity contribution < 1.29 is 14.1 Å². The number of carbonyl (C=O) groups is 1. The Balaban J connectivity index is 2.10. The van der Waals surface area contributed by atoms with Gasteiger partial charge < -0.3 is 9.26 Å². The molecule has 4 nitrogen and oxygen atoms in total. The highest BCUT2D eigenvalue weighted by molar-refractivity contribution is 6.31. The van der Waals surface area contributed by atoms with E-state index in [-0.39, 0.29) is 6.61 Å². The monoisotopic (exact) mass is 279 g/mol. The molecule has 0 aliphatic heterocycles. The maximum atomic E-state index is 12.0. The second kappa shape index (κ2) is 5.89. The molecule has 100 valence electrons. The first-order valence-electron chi connectivity index (χ1n) is 5.99. The first-order chi connectivity index (χ1) is 9.13. The highest BCUT2D eigenvalue weighted by Crippen LogP contribution is 2.19. The summed E-state index contributed by atoms with van der Waals surface area (Å²) in [5.74, 6) is 0.0385. The molecular weight excluding hydrogens is 266 g/mol. The second-order valence-corrected chi connectivity index (χ2v) is 4.49.